The Bertz CT molecular complexity index is 1300. The first-order valence-corrected chi connectivity index (χ1v) is 10.5. The number of methoxy groups -OCH3 is 1. The number of ether oxygens (including phenoxy) is 1. The molecule has 5 aromatic rings. The van der Waals surface area contributed by atoms with Gasteiger partial charge in [0.1, 0.15) is 5.76 Å². The standard InChI is InChI=1S/C25H23N5O2/c1-31-24-8-6-19(15-29-24)18-5-7-22-20(14-18)25(21(16-28-22)23-4-2-13-32-23)27-9-3-11-30-12-10-26-17-30/h2,4-8,10,12-17H,3,9,11H2,1H3,(H,27,28). The molecule has 32 heavy (non-hydrogen) atoms. The van der Waals surface area contributed by atoms with E-state index in [0.717, 1.165) is 58.6 Å². The van der Waals surface area contributed by atoms with E-state index in [1.165, 1.54) is 0 Å². The Hall–Kier alpha value is -4.13. The molecule has 0 aliphatic rings. The Kier molecular flexibility index (Phi) is 5.53. The lowest BCUT2D eigenvalue weighted by molar-refractivity contribution is 0.398. The van der Waals surface area contributed by atoms with Gasteiger partial charge in [0.25, 0.3) is 0 Å². The summed E-state index contributed by atoms with van der Waals surface area (Å²) < 4.78 is 13.0. The zero-order valence-electron chi connectivity index (χ0n) is 17.7. The number of nitrogens with zero attached hydrogens (tertiary/aromatic N) is 4. The normalized spacial score (nSPS) is 11.0. The summed E-state index contributed by atoms with van der Waals surface area (Å²) in [6.07, 6.45) is 11.9. The number of fused-ring (bicyclic) bond motifs is 1. The van der Waals surface area contributed by atoms with E-state index in [9.17, 15) is 0 Å². The number of pyridine rings is 2. The first-order chi connectivity index (χ1) is 15.8. The highest BCUT2D eigenvalue weighted by Crippen LogP contribution is 2.36. The van der Waals surface area contributed by atoms with Crippen LogP contribution in [0.3, 0.4) is 0 Å². The summed E-state index contributed by atoms with van der Waals surface area (Å²) in [4.78, 5) is 13.1. The summed E-state index contributed by atoms with van der Waals surface area (Å²) in [5, 5.41) is 4.67. The van der Waals surface area contributed by atoms with Gasteiger partial charge in [0, 0.05) is 54.9 Å². The lowest BCUT2D eigenvalue weighted by Gasteiger charge is -2.15. The van der Waals surface area contributed by atoms with Crippen molar-refractivity contribution in [3.05, 3.63) is 79.8 Å². The van der Waals surface area contributed by atoms with Crippen molar-refractivity contribution in [2.45, 2.75) is 13.0 Å². The molecule has 5 rings (SSSR count). The van der Waals surface area contributed by atoms with E-state index < -0.39 is 0 Å². The summed E-state index contributed by atoms with van der Waals surface area (Å²) in [5.74, 6) is 1.38. The van der Waals surface area contributed by atoms with Gasteiger partial charge in [-0.2, -0.15) is 0 Å². The lowest BCUT2D eigenvalue weighted by Crippen LogP contribution is -2.07. The molecule has 4 aromatic heterocycles. The molecule has 0 saturated heterocycles. The summed E-state index contributed by atoms with van der Waals surface area (Å²) in [6.45, 7) is 1.70. The summed E-state index contributed by atoms with van der Waals surface area (Å²) in [5.41, 5.74) is 4.95. The molecule has 0 aliphatic carbocycles. The van der Waals surface area contributed by atoms with Crippen molar-refractivity contribution in [3.63, 3.8) is 0 Å². The molecule has 0 unspecified atom stereocenters. The van der Waals surface area contributed by atoms with Crippen LogP contribution in [0.15, 0.2) is 84.3 Å². The molecule has 0 atom stereocenters. The third kappa shape index (κ3) is 4.05. The quantitative estimate of drug-likeness (QED) is 0.342. The van der Waals surface area contributed by atoms with E-state index in [2.05, 4.69) is 37.0 Å². The van der Waals surface area contributed by atoms with Crippen LogP contribution >= 0.6 is 0 Å². The number of rotatable bonds is 8. The lowest BCUT2D eigenvalue weighted by atomic mass is 10.0. The highest BCUT2D eigenvalue weighted by atomic mass is 16.5. The van der Waals surface area contributed by atoms with Crippen molar-refractivity contribution in [2.75, 3.05) is 19.0 Å². The number of aryl methyl sites for hydroxylation is 1. The Labute approximate surface area is 185 Å². The number of hydrogen-bond donors (Lipinski definition) is 1. The van der Waals surface area contributed by atoms with Gasteiger partial charge in [-0.25, -0.2) is 9.97 Å². The average molecular weight is 425 g/mol. The van der Waals surface area contributed by atoms with E-state index in [0.29, 0.717) is 5.88 Å². The van der Waals surface area contributed by atoms with Gasteiger partial charge < -0.3 is 19.0 Å². The van der Waals surface area contributed by atoms with Gasteiger partial charge in [0.2, 0.25) is 5.88 Å². The molecule has 1 N–H and O–H groups in total. The molecule has 0 bridgehead atoms. The fourth-order valence-corrected chi connectivity index (χ4v) is 3.75. The zero-order chi connectivity index (χ0) is 21.8. The molecule has 160 valence electrons. The van der Waals surface area contributed by atoms with Crippen molar-refractivity contribution in [2.24, 2.45) is 0 Å². The summed E-state index contributed by atoms with van der Waals surface area (Å²) >= 11 is 0. The Morgan fingerprint density at radius 3 is 2.75 bits per heavy atom. The maximum atomic E-state index is 5.70. The maximum absolute atomic E-state index is 5.70. The minimum absolute atomic E-state index is 0.594. The second kappa shape index (κ2) is 8.93. The third-order valence-electron chi connectivity index (χ3n) is 5.39. The van der Waals surface area contributed by atoms with Crippen LogP contribution in [0.5, 0.6) is 5.88 Å². The highest BCUT2D eigenvalue weighted by molar-refractivity contribution is 6.00. The number of nitrogens with one attached hydrogen (secondary N) is 1. The van der Waals surface area contributed by atoms with Crippen LogP contribution in [0.4, 0.5) is 5.69 Å². The Morgan fingerprint density at radius 1 is 1.06 bits per heavy atom. The molecule has 4 heterocycles. The number of furan rings is 1. The van der Waals surface area contributed by atoms with Crippen molar-refractivity contribution in [1.82, 2.24) is 19.5 Å². The molecule has 0 fully saturated rings. The molecule has 0 radical (unpaired) electrons. The van der Waals surface area contributed by atoms with E-state index >= 15 is 0 Å². The van der Waals surface area contributed by atoms with Crippen LogP contribution in [-0.2, 0) is 6.54 Å². The average Bonchev–Trinajstić information content (AvgIpc) is 3.56. The number of imidazole rings is 1. The van der Waals surface area contributed by atoms with Crippen molar-refractivity contribution in [1.29, 1.82) is 0 Å². The van der Waals surface area contributed by atoms with E-state index in [-0.39, 0.29) is 0 Å². The van der Waals surface area contributed by atoms with Crippen molar-refractivity contribution >= 4 is 16.6 Å². The van der Waals surface area contributed by atoms with Gasteiger partial charge in [0.05, 0.1) is 36.5 Å². The fraction of sp³-hybridized carbons (Fsp3) is 0.160. The molecule has 7 heteroatoms. The minimum atomic E-state index is 0.594. The van der Waals surface area contributed by atoms with Gasteiger partial charge in [-0.15, -0.1) is 0 Å². The molecule has 0 aliphatic heterocycles. The predicted molar refractivity (Wildman–Crippen MR) is 125 cm³/mol. The Balaban J connectivity index is 1.51. The predicted octanol–water partition coefficient (Wildman–Crippen LogP) is 5.26. The van der Waals surface area contributed by atoms with Crippen LogP contribution in [-0.4, -0.2) is 33.2 Å². The molecular weight excluding hydrogens is 402 g/mol. The second-order valence-corrected chi connectivity index (χ2v) is 7.43. The third-order valence-corrected chi connectivity index (χ3v) is 5.39. The van der Waals surface area contributed by atoms with Crippen LogP contribution in [0.2, 0.25) is 0 Å². The van der Waals surface area contributed by atoms with Crippen LogP contribution in [0.1, 0.15) is 6.42 Å². The molecular formula is C25H23N5O2. The number of anilines is 1. The first kappa shape index (κ1) is 19.8. The molecule has 0 saturated carbocycles. The molecule has 0 amide bonds. The largest absolute Gasteiger partial charge is 0.481 e. The summed E-state index contributed by atoms with van der Waals surface area (Å²) in [7, 11) is 1.62. The first-order valence-electron chi connectivity index (χ1n) is 10.5. The smallest absolute Gasteiger partial charge is 0.212 e. The van der Waals surface area contributed by atoms with Crippen LogP contribution < -0.4 is 10.1 Å². The van der Waals surface area contributed by atoms with Gasteiger partial charge in [-0.3, -0.25) is 4.98 Å². The maximum Gasteiger partial charge on any atom is 0.212 e. The fourth-order valence-electron chi connectivity index (χ4n) is 3.75. The molecule has 7 nitrogen and oxygen atoms in total. The minimum Gasteiger partial charge on any atom is -0.481 e. The van der Waals surface area contributed by atoms with Gasteiger partial charge >= 0.3 is 0 Å². The van der Waals surface area contributed by atoms with E-state index in [4.69, 9.17) is 9.15 Å². The highest BCUT2D eigenvalue weighted by Gasteiger charge is 2.14. The van der Waals surface area contributed by atoms with Gasteiger partial charge in [0.15, 0.2) is 0 Å². The van der Waals surface area contributed by atoms with Crippen LogP contribution in [0, 0.1) is 0 Å². The Morgan fingerprint density at radius 2 is 2.00 bits per heavy atom. The number of benzene rings is 1. The monoisotopic (exact) mass is 425 g/mol. The second-order valence-electron chi connectivity index (χ2n) is 7.43. The molecule has 0 spiro atoms. The topological polar surface area (TPSA) is 78.0 Å². The van der Waals surface area contributed by atoms with Crippen molar-refractivity contribution in [3.8, 4) is 28.3 Å². The SMILES string of the molecule is COc1ccc(-c2ccc3ncc(-c4ccco4)c(NCCCn4ccnc4)c3c2)cn1. The van der Waals surface area contributed by atoms with Crippen molar-refractivity contribution < 1.29 is 9.15 Å². The van der Waals surface area contributed by atoms with Gasteiger partial charge in [-0.05, 0) is 42.3 Å². The van der Waals surface area contributed by atoms with Gasteiger partial charge in [-0.1, -0.05) is 6.07 Å². The number of hydrogen-bond acceptors (Lipinski definition) is 6. The molecule has 1 aromatic carbocycles. The number of aromatic nitrogens is 4. The van der Waals surface area contributed by atoms with E-state index in [1.54, 1.807) is 19.6 Å². The zero-order valence-corrected chi connectivity index (χ0v) is 17.7. The van der Waals surface area contributed by atoms with Crippen LogP contribution in [0.25, 0.3) is 33.4 Å². The van der Waals surface area contributed by atoms with E-state index in [1.807, 2.05) is 55.2 Å². The summed E-state index contributed by atoms with van der Waals surface area (Å²) in [6, 6.07) is 14.0.